The van der Waals surface area contributed by atoms with Gasteiger partial charge in [-0.15, -0.1) is 0 Å². The Kier molecular flexibility index (Phi) is 10.6. The monoisotopic (exact) mass is 613 g/mol. The maximum absolute atomic E-state index is 13.8. The molecule has 0 aromatic heterocycles. The van der Waals surface area contributed by atoms with Crippen LogP contribution >= 0.6 is 0 Å². The molecule has 5 aliphatic rings. The van der Waals surface area contributed by atoms with Crippen LogP contribution in [-0.4, -0.2) is 106 Å². The third-order valence-corrected chi connectivity index (χ3v) is 9.16. The number of nitrogens with one attached hydrogen (secondary N) is 1. The van der Waals surface area contributed by atoms with Crippen LogP contribution in [0.3, 0.4) is 0 Å². The Morgan fingerprint density at radius 3 is 2.24 bits per heavy atom. The fourth-order valence-corrected chi connectivity index (χ4v) is 7.99. The second-order valence-electron chi connectivity index (χ2n) is 13.5. The summed E-state index contributed by atoms with van der Waals surface area (Å²) in [5, 5.41) is 13.1. The van der Waals surface area contributed by atoms with Crippen molar-refractivity contribution >= 4 is 22.0 Å². The molecule has 4 saturated carbocycles. The number of amides is 1. The number of carbonyl (C=O) groups excluding carboxylic acids is 2. The van der Waals surface area contributed by atoms with E-state index in [1.54, 1.807) is 20.8 Å². The van der Waals surface area contributed by atoms with Gasteiger partial charge in [-0.25, -0.2) is 4.79 Å². The molecule has 4 atom stereocenters. The minimum atomic E-state index is -3.47. The molecule has 0 aromatic rings. The van der Waals surface area contributed by atoms with E-state index in [9.17, 15) is 23.3 Å². The van der Waals surface area contributed by atoms with Gasteiger partial charge in [0.2, 0.25) is 0 Å². The highest BCUT2D eigenvalue weighted by Crippen LogP contribution is 2.59. The van der Waals surface area contributed by atoms with Crippen LogP contribution in [0.25, 0.3) is 0 Å². The lowest BCUT2D eigenvalue weighted by molar-refractivity contribution is -0.188. The van der Waals surface area contributed by atoms with Crippen molar-refractivity contribution in [1.82, 2.24) is 10.2 Å². The summed E-state index contributed by atoms with van der Waals surface area (Å²) in [7, 11) is -3.47. The number of hydrogen-bond acceptors (Lipinski definition) is 11. The van der Waals surface area contributed by atoms with Crippen LogP contribution in [-0.2, 0) is 42.8 Å². The molecule has 3 unspecified atom stereocenters. The largest absolute Gasteiger partial charge is 0.458 e. The minimum Gasteiger partial charge on any atom is -0.458 e. The number of likely N-dealkylation sites (tertiary alicyclic amines) is 1. The van der Waals surface area contributed by atoms with E-state index in [1.807, 2.05) is 0 Å². The highest BCUT2D eigenvalue weighted by atomic mass is 32.2. The smallest absolute Gasteiger partial charge is 0.333 e. The SMILES string of the molecule is CC(C)(C)OC(=O)C(NC12CC3CC(C1)CC(OCCOCCOCCOS(C)(=O)=O)(C3)C2)C(=O)N1CCC[C@H]1C#N. The molecule has 1 aliphatic heterocycles. The van der Waals surface area contributed by atoms with E-state index >= 15 is 0 Å². The zero-order valence-corrected chi connectivity index (χ0v) is 26.2. The summed E-state index contributed by atoms with van der Waals surface area (Å²) in [6.45, 7) is 7.44. The third-order valence-electron chi connectivity index (χ3n) is 8.57. The molecule has 5 rings (SSSR count). The lowest BCUT2D eigenvalue weighted by Crippen LogP contribution is -2.69. The molecular formula is C29H47N3O9S. The van der Waals surface area contributed by atoms with E-state index in [1.165, 1.54) is 4.90 Å². The van der Waals surface area contributed by atoms with Crippen LogP contribution in [0.5, 0.6) is 0 Å². The molecule has 1 saturated heterocycles. The second-order valence-corrected chi connectivity index (χ2v) is 15.1. The maximum Gasteiger partial charge on any atom is 0.333 e. The van der Waals surface area contributed by atoms with Gasteiger partial charge >= 0.3 is 5.97 Å². The molecule has 1 amide bonds. The molecule has 4 aliphatic carbocycles. The lowest BCUT2D eigenvalue weighted by Gasteiger charge is -2.62. The van der Waals surface area contributed by atoms with E-state index in [0.29, 0.717) is 57.6 Å². The number of ether oxygens (including phenoxy) is 4. The Bertz CT molecular complexity index is 1100. The number of hydrogen-bond donors (Lipinski definition) is 1. The van der Waals surface area contributed by atoms with Crippen LogP contribution in [0.15, 0.2) is 0 Å². The van der Waals surface area contributed by atoms with Crippen LogP contribution in [0, 0.1) is 23.2 Å². The van der Waals surface area contributed by atoms with E-state index in [0.717, 1.165) is 44.8 Å². The zero-order chi connectivity index (χ0) is 30.6. The standard InChI is InChI=1S/C29H47N3O9S/c1-27(2,3)41-26(34)24(25(33)32-7-5-6-23(32)19-30)31-28-15-21-14-22(16-28)18-29(17-21,20-28)39-12-10-37-8-9-38-11-13-40-42(4,35)36/h21-24,31H,5-18,20H2,1-4H3/t21?,22?,23-,24?,28?,29?/m0/s1. The first kappa shape index (κ1) is 33.1. The number of nitriles is 1. The first-order valence-electron chi connectivity index (χ1n) is 15.1. The summed E-state index contributed by atoms with van der Waals surface area (Å²) in [6, 6.07) is 0.521. The van der Waals surface area contributed by atoms with Gasteiger partial charge in [0.05, 0.1) is 57.6 Å². The molecule has 1 N–H and O–H groups in total. The summed E-state index contributed by atoms with van der Waals surface area (Å²) in [4.78, 5) is 28.7. The Labute approximate surface area is 249 Å². The summed E-state index contributed by atoms with van der Waals surface area (Å²) >= 11 is 0. The molecule has 13 heteroatoms. The third kappa shape index (κ3) is 8.86. The van der Waals surface area contributed by atoms with Crippen molar-refractivity contribution in [3.63, 3.8) is 0 Å². The van der Waals surface area contributed by atoms with E-state index in [-0.39, 0.29) is 24.7 Å². The predicted octanol–water partition coefficient (Wildman–Crippen LogP) is 1.92. The van der Waals surface area contributed by atoms with Gasteiger partial charge in [0.25, 0.3) is 16.0 Å². The number of rotatable bonds is 15. The molecule has 1 heterocycles. The van der Waals surface area contributed by atoms with Crippen LogP contribution in [0.2, 0.25) is 0 Å². The Hall–Kier alpha value is -1.82. The zero-order valence-electron chi connectivity index (χ0n) is 25.4. The molecule has 12 nitrogen and oxygen atoms in total. The van der Waals surface area contributed by atoms with Crippen molar-refractivity contribution in [1.29, 1.82) is 5.26 Å². The van der Waals surface area contributed by atoms with Crippen molar-refractivity contribution in [2.75, 3.05) is 52.4 Å². The number of nitrogens with zero attached hydrogens (tertiary/aromatic N) is 2. The van der Waals surface area contributed by atoms with Gasteiger partial charge in [-0.2, -0.15) is 13.7 Å². The van der Waals surface area contributed by atoms with E-state index in [2.05, 4.69) is 15.6 Å². The van der Waals surface area contributed by atoms with Crippen molar-refractivity contribution in [2.45, 2.75) is 101 Å². The number of esters is 1. The van der Waals surface area contributed by atoms with Crippen molar-refractivity contribution in [2.24, 2.45) is 11.8 Å². The van der Waals surface area contributed by atoms with Crippen molar-refractivity contribution < 1.29 is 41.1 Å². The minimum absolute atomic E-state index is 0.0279. The van der Waals surface area contributed by atoms with Crippen LogP contribution < -0.4 is 5.32 Å². The maximum atomic E-state index is 13.8. The van der Waals surface area contributed by atoms with Gasteiger partial charge < -0.3 is 23.8 Å². The number of carbonyl (C=O) groups is 2. The molecular weight excluding hydrogens is 566 g/mol. The Morgan fingerprint density at radius 1 is 1.02 bits per heavy atom. The molecule has 0 aromatic carbocycles. The second kappa shape index (κ2) is 13.4. The highest BCUT2D eigenvalue weighted by Gasteiger charge is 2.60. The fourth-order valence-electron chi connectivity index (χ4n) is 7.62. The summed E-state index contributed by atoms with van der Waals surface area (Å²) in [5.74, 6) is -0.0941. The quantitative estimate of drug-likeness (QED) is 0.125. The van der Waals surface area contributed by atoms with Gasteiger partial charge in [0.15, 0.2) is 6.04 Å². The van der Waals surface area contributed by atoms with Gasteiger partial charge in [-0.1, -0.05) is 0 Å². The molecule has 238 valence electrons. The van der Waals surface area contributed by atoms with Gasteiger partial charge in [0.1, 0.15) is 11.6 Å². The summed E-state index contributed by atoms with van der Waals surface area (Å²) in [6.07, 6.45) is 7.82. The van der Waals surface area contributed by atoms with Gasteiger partial charge in [-0.3, -0.25) is 14.3 Å². The Morgan fingerprint density at radius 2 is 1.64 bits per heavy atom. The van der Waals surface area contributed by atoms with Crippen molar-refractivity contribution in [3.8, 4) is 6.07 Å². The predicted molar refractivity (Wildman–Crippen MR) is 152 cm³/mol. The van der Waals surface area contributed by atoms with E-state index < -0.39 is 39.3 Å². The lowest BCUT2D eigenvalue weighted by atomic mass is 9.51. The topological polar surface area (TPSA) is 153 Å². The average molecular weight is 614 g/mol. The van der Waals surface area contributed by atoms with Crippen LogP contribution in [0.1, 0.15) is 72.1 Å². The van der Waals surface area contributed by atoms with Gasteiger partial charge in [-0.05, 0) is 84.0 Å². The van der Waals surface area contributed by atoms with Gasteiger partial charge in [0, 0.05) is 12.1 Å². The normalized spacial score (nSPS) is 31.2. The molecule has 0 radical (unpaired) electrons. The fraction of sp³-hybridized carbons (Fsp3) is 0.897. The molecule has 4 bridgehead atoms. The van der Waals surface area contributed by atoms with Crippen molar-refractivity contribution in [3.05, 3.63) is 0 Å². The highest BCUT2D eigenvalue weighted by molar-refractivity contribution is 7.85. The van der Waals surface area contributed by atoms with Crippen LogP contribution in [0.4, 0.5) is 0 Å². The molecule has 42 heavy (non-hydrogen) atoms. The first-order valence-corrected chi connectivity index (χ1v) is 16.9. The molecule has 0 spiro atoms. The van der Waals surface area contributed by atoms with E-state index in [4.69, 9.17) is 18.9 Å². The average Bonchev–Trinajstić information content (AvgIpc) is 3.34. The first-order chi connectivity index (χ1) is 19.7. The summed E-state index contributed by atoms with van der Waals surface area (Å²) < 4.78 is 49.8. The Balaban J connectivity index is 1.34. The molecule has 5 fully saturated rings. The summed E-state index contributed by atoms with van der Waals surface area (Å²) in [5.41, 5.74) is -1.52.